The van der Waals surface area contributed by atoms with Crippen LogP contribution in [0.1, 0.15) is 67.2 Å². The maximum atomic E-state index is 14.2. The van der Waals surface area contributed by atoms with Gasteiger partial charge >= 0.3 is 5.97 Å². The van der Waals surface area contributed by atoms with Gasteiger partial charge in [0.25, 0.3) is 0 Å². The van der Waals surface area contributed by atoms with Crippen LogP contribution in [0.25, 0.3) is 5.57 Å². The Labute approximate surface area is 216 Å². The molecule has 0 radical (unpaired) electrons. The second-order valence-corrected chi connectivity index (χ2v) is 9.15. The Balaban J connectivity index is 1.75. The molecule has 8 heteroatoms. The normalized spacial score (nSPS) is 17.9. The third-order valence-electron chi connectivity index (χ3n) is 6.53. The van der Waals surface area contributed by atoms with Crippen LogP contribution in [-0.4, -0.2) is 47.7 Å². The number of hydrogen-bond donors (Lipinski definition) is 2. The Morgan fingerprint density at radius 1 is 1.24 bits per heavy atom. The van der Waals surface area contributed by atoms with E-state index in [4.69, 9.17) is 9.84 Å². The van der Waals surface area contributed by atoms with Gasteiger partial charge in [-0.25, -0.2) is 13.6 Å². The van der Waals surface area contributed by atoms with E-state index in [0.29, 0.717) is 19.7 Å². The van der Waals surface area contributed by atoms with Gasteiger partial charge in [0.05, 0.1) is 19.3 Å². The first-order chi connectivity index (χ1) is 17.7. The van der Waals surface area contributed by atoms with Gasteiger partial charge in [-0.2, -0.15) is 0 Å². The average molecular weight is 513 g/mol. The zero-order valence-electron chi connectivity index (χ0n) is 21.7. The smallest absolute Gasteiger partial charge is 0.341 e. The zero-order valence-corrected chi connectivity index (χ0v) is 21.7. The predicted molar refractivity (Wildman–Crippen MR) is 139 cm³/mol. The average Bonchev–Trinajstić information content (AvgIpc) is 2.84. The zero-order chi connectivity index (χ0) is 27.1. The summed E-state index contributed by atoms with van der Waals surface area (Å²) >= 11 is 0. The number of morpholine rings is 1. The third-order valence-corrected chi connectivity index (χ3v) is 6.53. The monoisotopic (exact) mass is 512 g/mol. The Morgan fingerprint density at radius 3 is 2.57 bits per heavy atom. The predicted octanol–water partition coefficient (Wildman–Crippen LogP) is 5.50. The molecule has 3 rings (SSSR count). The first-order valence-electron chi connectivity index (χ1n) is 12.4. The fraction of sp³-hybridized carbons (Fsp3) is 0.379. The Bertz CT molecular complexity index is 1190. The number of carboxylic acid groups (broad SMARTS) is 1. The largest absolute Gasteiger partial charge is 0.477 e. The van der Waals surface area contributed by atoms with Crippen molar-refractivity contribution in [2.24, 2.45) is 0 Å². The highest BCUT2D eigenvalue weighted by Crippen LogP contribution is 2.25. The maximum absolute atomic E-state index is 14.2. The number of nitrogens with one attached hydrogen (secondary N) is 1. The van der Waals surface area contributed by atoms with Gasteiger partial charge < -0.3 is 15.2 Å². The summed E-state index contributed by atoms with van der Waals surface area (Å²) in [6, 6.07) is 8.79. The number of halogens is 2. The standard InChI is InChI=1S/C29H34F2N2O4/c1-5-8-18(3)23(6-2)21-10-7-9-20(13-21)16-33-11-12-37-17-26(33)28(34)32-19(4)22-14-24(30)27(29(35)36)25(31)15-22/h6-10,13-15,19,26H,5,11-12,16-17H2,1-4H3,(H,32,34)(H,35,36)/b18-8-,23-6+/t19?,26-/m1/s1. The van der Waals surface area contributed by atoms with Crippen LogP contribution in [0.3, 0.4) is 0 Å². The van der Waals surface area contributed by atoms with Gasteiger partial charge in [0.2, 0.25) is 5.91 Å². The van der Waals surface area contributed by atoms with E-state index in [9.17, 15) is 18.4 Å². The van der Waals surface area contributed by atoms with Gasteiger partial charge in [-0.3, -0.25) is 9.69 Å². The molecule has 1 unspecified atom stereocenters. The van der Waals surface area contributed by atoms with E-state index in [0.717, 1.165) is 29.7 Å². The minimum atomic E-state index is -1.68. The highest BCUT2D eigenvalue weighted by atomic mass is 19.1. The van der Waals surface area contributed by atoms with Crippen molar-refractivity contribution in [3.05, 3.63) is 88.0 Å². The van der Waals surface area contributed by atoms with Crippen molar-refractivity contribution in [2.45, 2.75) is 52.7 Å². The number of allylic oxidation sites excluding steroid dienone is 4. The topological polar surface area (TPSA) is 78.9 Å². The lowest BCUT2D eigenvalue weighted by molar-refractivity contribution is -0.133. The summed E-state index contributed by atoms with van der Waals surface area (Å²) in [5, 5.41) is 11.8. The molecule has 1 heterocycles. The Hall–Kier alpha value is -3.36. The second kappa shape index (κ2) is 12.7. The molecule has 1 saturated heterocycles. The fourth-order valence-corrected chi connectivity index (χ4v) is 4.62. The number of rotatable bonds is 9. The number of hydrogen-bond acceptors (Lipinski definition) is 4. The molecule has 2 atom stereocenters. The van der Waals surface area contributed by atoms with E-state index in [1.807, 2.05) is 24.0 Å². The summed E-state index contributed by atoms with van der Waals surface area (Å²) in [5.41, 5.74) is 3.67. The number of carbonyl (C=O) groups excluding carboxylic acids is 1. The summed E-state index contributed by atoms with van der Waals surface area (Å²) in [4.78, 5) is 26.3. The van der Waals surface area contributed by atoms with Crippen LogP contribution >= 0.6 is 0 Å². The van der Waals surface area contributed by atoms with Crippen LogP contribution in [0.4, 0.5) is 8.78 Å². The van der Waals surface area contributed by atoms with Gasteiger partial charge in [0.15, 0.2) is 0 Å². The molecule has 1 amide bonds. The van der Waals surface area contributed by atoms with Crippen LogP contribution in [-0.2, 0) is 16.1 Å². The van der Waals surface area contributed by atoms with E-state index in [1.54, 1.807) is 6.92 Å². The number of nitrogens with zero attached hydrogens (tertiary/aromatic N) is 1. The SMILES string of the molecule is C/C=C(\C(C)=C/CC)c1cccc(CN2CCOC[C@@H]2C(=O)NC(C)c2cc(F)c(C(=O)O)c(F)c2)c1. The van der Waals surface area contributed by atoms with Crippen molar-refractivity contribution in [2.75, 3.05) is 19.8 Å². The Kier molecular flexibility index (Phi) is 9.72. The molecule has 37 heavy (non-hydrogen) atoms. The summed E-state index contributed by atoms with van der Waals surface area (Å²) in [6.45, 7) is 9.59. The molecule has 0 aromatic heterocycles. The summed E-state index contributed by atoms with van der Waals surface area (Å²) in [5.74, 6) is -4.39. The second-order valence-electron chi connectivity index (χ2n) is 9.15. The minimum Gasteiger partial charge on any atom is -0.477 e. The highest BCUT2D eigenvalue weighted by molar-refractivity contribution is 5.88. The summed E-state index contributed by atoms with van der Waals surface area (Å²) in [6.07, 6.45) is 5.24. The van der Waals surface area contributed by atoms with E-state index < -0.39 is 35.3 Å². The van der Waals surface area contributed by atoms with Crippen molar-refractivity contribution < 1.29 is 28.2 Å². The van der Waals surface area contributed by atoms with Crippen LogP contribution in [0.5, 0.6) is 0 Å². The van der Waals surface area contributed by atoms with E-state index in [2.05, 4.69) is 43.4 Å². The minimum absolute atomic E-state index is 0.138. The molecule has 0 bridgehead atoms. The van der Waals surface area contributed by atoms with Crippen molar-refractivity contribution >= 4 is 17.4 Å². The van der Waals surface area contributed by atoms with Gasteiger partial charge in [0.1, 0.15) is 23.2 Å². The first kappa shape index (κ1) is 28.2. The number of carboxylic acids is 1. The molecule has 1 aliphatic rings. The number of aromatic carboxylic acids is 1. The molecule has 1 aliphatic heterocycles. The molecule has 2 aromatic carbocycles. The molecule has 198 valence electrons. The molecule has 0 spiro atoms. The molecular formula is C29H34F2N2O4. The quantitative estimate of drug-likeness (QED) is 0.434. The van der Waals surface area contributed by atoms with Gasteiger partial charge in [0, 0.05) is 13.1 Å². The van der Waals surface area contributed by atoms with E-state index in [-0.39, 0.29) is 18.1 Å². The highest BCUT2D eigenvalue weighted by Gasteiger charge is 2.31. The third kappa shape index (κ3) is 6.90. The van der Waals surface area contributed by atoms with Gasteiger partial charge in [-0.05, 0) is 73.2 Å². The molecule has 0 saturated carbocycles. The summed E-state index contributed by atoms with van der Waals surface area (Å²) < 4.78 is 33.9. The van der Waals surface area contributed by atoms with Crippen LogP contribution in [0.2, 0.25) is 0 Å². The number of benzene rings is 2. The van der Waals surface area contributed by atoms with Crippen LogP contribution < -0.4 is 5.32 Å². The Morgan fingerprint density at radius 2 is 1.95 bits per heavy atom. The maximum Gasteiger partial charge on any atom is 0.341 e. The molecule has 2 N–H and O–H groups in total. The molecule has 0 aliphatic carbocycles. The number of ether oxygens (including phenoxy) is 1. The molecule has 6 nitrogen and oxygen atoms in total. The van der Waals surface area contributed by atoms with Crippen molar-refractivity contribution in [1.29, 1.82) is 0 Å². The lowest BCUT2D eigenvalue weighted by Gasteiger charge is -2.35. The lowest BCUT2D eigenvalue weighted by Crippen LogP contribution is -2.53. The van der Waals surface area contributed by atoms with E-state index >= 15 is 0 Å². The van der Waals surface area contributed by atoms with Crippen molar-refractivity contribution in [1.82, 2.24) is 10.2 Å². The molecule has 1 fully saturated rings. The van der Waals surface area contributed by atoms with Crippen molar-refractivity contribution in [3.8, 4) is 0 Å². The van der Waals surface area contributed by atoms with Crippen LogP contribution in [0, 0.1) is 11.6 Å². The number of amides is 1. The number of carbonyl (C=O) groups is 2. The summed E-state index contributed by atoms with van der Waals surface area (Å²) in [7, 11) is 0. The lowest BCUT2D eigenvalue weighted by atomic mass is 9.96. The van der Waals surface area contributed by atoms with E-state index in [1.165, 1.54) is 11.1 Å². The molecule has 2 aromatic rings. The van der Waals surface area contributed by atoms with Gasteiger partial charge in [-0.15, -0.1) is 0 Å². The van der Waals surface area contributed by atoms with Crippen LogP contribution in [0.15, 0.2) is 54.1 Å². The van der Waals surface area contributed by atoms with Crippen molar-refractivity contribution in [3.63, 3.8) is 0 Å². The first-order valence-corrected chi connectivity index (χ1v) is 12.4. The fourth-order valence-electron chi connectivity index (χ4n) is 4.62. The van der Waals surface area contributed by atoms with Gasteiger partial charge in [-0.1, -0.05) is 37.3 Å². The molecular weight excluding hydrogens is 478 g/mol.